The molecule has 0 spiro atoms. The minimum Gasteiger partial charge on any atom is -0.496 e. The van der Waals surface area contributed by atoms with Gasteiger partial charge in [-0.15, -0.1) is 0 Å². The lowest BCUT2D eigenvalue weighted by Gasteiger charge is -2.19. The maximum absolute atomic E-state index is 13.3. The number of methoxy groups -OCH3 is 1. The van der Waals surface area contributed by atoms with Crippen LogP contribution in [0, 0.1) is 5.82 Å². The molecule has 1 amide bonds. The van der Waals surface area contributed by atoms with E-state index in [1.807, 2.05) is 0 Å². The van der Waals surface area contributed by atoms with Gasteiger partial charge in [0, 0.05) is 11.8 Å². The van der Waals surface area contributed by atoms with Crippen LogP contribution in [0.5, 0.6) is 5.75 Å². The van der Waals surface area contributed by atoms with Gasteiger partial charge in [0.2, 0.25) is 5.91 Å². The van der Waals surface area contributed by atoms with E-state index in [0.29, 0.717) is 11.3 Å². The van der Waals surface area contributed by atoms with Crippen LogP contribution in [0.3, 0.4) is 0 Å². The number of hydrogen-bond acceptors (Lipinski definition) is 4. The van der Waals surface area contributed by atoms with Crippen molar-refractivity contribution in [2.45, 2.75) is 25.1 Å². The molecule has 0 heterocycles. The summed E-state index contributed by atoms with van der Waals surface area (Å²) in [5.41, 5.74) is 0.446. The number of nitrogens with one attached hydrogen (secondary N) is 1. The van der Waals surface area contributed by atoms with Gasteiger partial charge >= 0.3 is 0 Å². The SMILES string of the molecule is COc1ccc(F)cc1C(C)NC(=O)C(C)S(C)(=O)=O. The molecule has 1 N–H and O–H groups in total. The Kier molecular flexibility index (Phi) is 5.10. The van der Waals surface area contributed by atoms with E-state index >= 15 is 0 Å². The van der Waals surface area contributed by atoms with Gasteiger partial charge in [-0.25, -0.2) is 12.8 Å². The van der Waals surface area contributed by atoms with Gasteiger partial charge < -0.3 is 10.1 Å². The smallest absolute Gasteiger partial charge is 0.238 e. The van der Waals surface area contributed by atoms with Gasteiger partial charge in [-0.3, -0.25) is 4.79 Å². The van der Waals surface area contributed by atoms with Gasteiger partial charge in [-0.2, -0.15) is 0 Å². The topological polar surface area (TPSA) is 72.5 Å². The van der Waals surface area contributed by atoms with Crippen molar-refractivity contribution in [2.24, 2.45) is 0 Å². The molecule has 0 saturated heterocycles. The van der Waals surface area contributed by atoms with Crippen molar-refractivity contribution in [3.05, 3.63) is 29.6 Å². The summed E-state index contributed by atoms with van der Waals surface area (Å²) in [6.45, 7) is 2.93. The van der Waals surface area contributed by atoms with Crippen LogP contribution in [0.4, 0.5) is 4.39 Å². The van der Waals surface area contributed by atoms with E-state index in [4.69, 9.17) is 4.74 Å². The Balaban J connectivity index is 2.94. The number of ether oxygens (including phenoxy) is 1. The Morgan fingerprint density at radius 3 is 2.45 bits per heavy atom. The largest absolute Gasteiger partial charge is 0.496 e. The molecule has 1 rings (SSSR count). The molecule has 0 radical (unpaired) electrons. The van der Waals surface area contributed by atoms with E-state index in [9.17, 15) is 17.6 Å². The highest BCUT2D eigenvalue weighted by molar-refractivity contribution is 7.92. The Bertz CT molecular complexity index is 600. The van der Waals surface area contributed by atoms with Gasteiger partial charge in [0.05, 0.1) is 13.2 Å². The Labute approximate surface area is 118 Å². The fraction of sp³-hybridized carbons (Fsp3) is 0.462. The number of benzene rings is 1. The molecule has 5 nitrogen and oxygen atoms in total. The summed E-state index contributed by atoms with van der Waals surface area (Å²) in [6.07, 6.45) is 0.991. The second-order valence-electron chi connectivity index (χ2n) is 4.59. The van der Waals surface area contributed by atoms with Crippen LogP contribution in [0.25, 0.3) is 0 Å². The number of carbonyl (C=O) groups is 1. The quantitative estimate of drug-likeness (QED) is 0.893. The normalized spacial score (nSPS) is 14.4. The van der Waals surface area contributed by atoms with Crippen molar-refractivity contribution in [3.63, 3.8) is 0 Å². The zero-order chi connectivity index (χ0) is 15.5. The number of rotatable bonds is 5. The van der Waals surface area contributed by atoms with E-state index < -0.39 is 32.9 Å². The molecule has 112 valence electrons. The molecule has 1 aromatic rings. The summed E-state index contributed by atoms with van der Waals surface area (Å²) in [7, 11) is -2.04. The average molecular weight is 303 g/mol. The first-order valence-corrected chi connectivity index (χ1v) is 7.95. The molecule has 2 atom stereocenters. The molecule has 0 saturated carbocycles. The molecule has 0 aliphatic rings. The molecule has 20 heavy (non-hydrogen) atoms. The highest BCUT2D eigenvalue weighted by Crippen LogP contribution is 2.25. The first-order valence-electron chi connectivity index (χ1n) is 5.99. The maximum Gasteiger partial charge on any atom is 0.238 e. The zero-order valence-corrected chi connectivity index (χ0v) is 12.6. The van der Waals surface area contributed by atoms with Crippen molar-refractivity contribution in [1.29, 1.82) is 0 Å². The highest BCUT2D eigenvalue weighted by atomic mass is 32.2. The zero-order valence-electron chi connectivity index (χ0n) is 11.8. The third kappa shape index (κ3) is 3.93. The van der Waals surface area contributed by atoms with Crippen LogP contribution in [0.1, 0.15) is 25.5 Å². The Morgan fingerprint density at radius 2 is 1.95 bits per heavy atom. The number of carbonyl (C=O) groups excluding carboxylic acids is 1. The van der Waals surface area contributed by atoms with Crippen molar-refractivity contribution >= 4 is 15.7 Å². The Morgan fingerprint density at radius 1 is 1.35 bits per heavy atom. The monoisotopic (exact) mass is 303 g/mol. The lowest BCUT2D eigenvalue weighted by Crippen LogP contribution is -2.38. The van der Waals surface area contributed by atoms with E-state index in [1.165, 1.54) is 32.2 Å². The Hall–Kier alpha value is -1.63. The van der Waals surface area contributed by atoms with E-state index in [2.05, 4.69) is 5.32 Å². The standard InChI is InChI=1S/C13H18FNO4S/c1-8(15-13(16)9(2)20(4,17)18)11-7-10(14)5-6-12(11)19-3/h5-9H,1-4H3,(H,15,16). The first-order chi connectivity index (χ1) is 9.16. The molecule has 7 heteroatoms. The van der Waals surface area contributed by atoms with Gasteiger partial charge in [0.15, 0.2) is 9.84 Å². The number of halogens is 1. The summed E-state index contributed by atoms with van der Waals surface area (Å²) in [6, 6.07) is 3.37. The molecule has 2 unspecified atom stereocenters. The lowest BCUT2D eigenvalue weighted by atomic mass is 10.1. The summed E-state index contributed by atoms with van der Waals surface area (Å²) >= 11 is 0. The van der Waals surface area contributed by atoms with E-state index in [0.717, 1.165) is 6.26 Å². The summed E-state index contributed by atoms with van der Waals surface area (Å²) in [5, 5.41) is 1.38. The van der Waals surface area contributed by atoms with Crippen molar-refractivity contribution in [1.82, 2.24) is 5.32 Å². The fourth-order valence-corrected chi connectivity index (χ4v) is 2.10. The lowest BCUT2D eigenvalue weighted by molar-refractivity contribution is -0.121. The van der Waals surface area contributed by atoms with Crippen molar-refractivity contribution in [2.75, 3.05) is 13.4 Å². The number of sulfone groups is 1. The van der Waals surface area contributed by atoms with Crippen molar-refractivity contribution < 1.29 is 22.3 Å². The maximum atomic E-state index is 13.3. The molecule has 0 aliphatic carbocycles. The molecule has 0 fully saturated rings. The van der Waals surface area contributed by atoms with Gasteiger partial charge in [0.25, 0.3) is 0 Å². The first kappa shape index (κ1) is 16.4. The summed E-state index contributed by atoms with van der Waals surface area (Å²) < 4.78 is 41.0. The van der Waals surface area contributed by atoms with Crippen molar-refractivity contribution in [3.8, 4) is 5.75 Å². The third-order valence-corrected chi connectivity index (χ3v) is 4.53. The predicted molar refractivity (Wildman–Crippen MR) is 73.8 cm³/mol. The van der Waals surface area contributed by atoms with E-state index in [1.54, 1.807) is 6.92 Å². The molecular formula is C13H18FNO4S. The van der Waals surface area contributed by atoms with Crippen LogP contribution in [0.2, 0.25) is 0 Å². The van der Waals surface area contributed by atoms with Gasteiger partial charge in [0.1, 0.15) is 16.8 Å². The summed E-state index contributed by atoms with van der Waals surface area (Å²) in [4.78, 5) is 11.8. The molecule has 0 bridgehead atoms. The number of hydrogen-bond donors (Lipinski definition) is 1. The van der Waals surface area contributed by atoms with Gasteiger partial charge in [-0.05, 0) is 32.0 Å². The molecule has 0 aliphatic heterocycles. The van der Waals surface area contributed by atoms with Gasteiger partial charge in [-0.1, -0.05) is 0 Å². The fourth-order valence-electron chi connectivity index (χ4n) is 1.65. The van der Waals surface area contributed by atoms with Crippen LogP contribution < -0.4 is 10.1 Å². The highest BCUT2D eigenvalue weighted by Gasteiger charge is 2.25. The second kappa shape index (κ2) is 6.21. The minimum atomic E-state index is -3.47. The second-order valence-corrected chi connectivity index (χ2v) is 6.95. The summed E-state index contributed by atoms with van der Waals surface area (Å²) in [5.74, 6) is -0.671. The van der Waals surface area contributed by atoms with Crippen LogP contribution in [-0.2, 0) is 14.6 Å². The molecular weight excluding hydrogens is 285 g/mol. The van der Waals surface area contributed by atoms with Crippen LogP contribution in [-0.4, -0.2) is 32.9 Å². The number of amides is 1. The van der Waals surface area contributed by atoms with Crippen LogP contribution >= 0.6 is 0 Å². The molecule has 0 aromatic heterocycles. The van der Waals surface area contributed by atoms with E-state index in [-0.39, 0.29) is 0 Å². The minimum absolute atomic E-state index is 0.422. The predicted octanol–water partition coefficient (Wildman–Crippen LogP) is 1.44. The average Bonchev–Trinajstić information content (AvgIpc) is 2.36. The molecule has 1 aromatic carbocycles. The third-order valence-electron chi connectivity index (χ3n) is 3.03. The van der Waals surface area contributed by atoms with Crippen LogP contribution in [0.15, 0.2) is 18.2 Å².